The molecule has 3 heterocycles. The van der Waals surface area contributed by atoms with E-state index in [-0.39, 0.29) is 0 Å². The Balaban J connectivity index is 1.82. The Kier molecular flexibility index (Phi) is 3.28. The molecule has 3 aromatic heterocycles. The molecule has 0 bridgehead atoms. The molecule has 6 nitrogen and oxygen atoms in total. The fourth-order valence-corrected chi connectivity index (χ4v) is 1.61. The van der Waals surface area contributed by atoms with E-state index in [1.807, 2.05) is 6.07 Å². The molecular weight excluding hydrogens is 258 g/mol. The maximum Gasteiger partial charge on any atom is 0.251 e. The highest BCUT2D eigenvalue weighted by Gasteiger charge is 2.08. The summed E-state index contributed by atoms with van der Waals surface area (Å²) in [5, 5.41) is 3.90. The van der Waals surface area contributed by atoms with Crippen LogP contribution in [0.4, 0.5) is 0 Å². The van der Waals surface area contributed by atoms with Crippen LogP contribution in [-0.4, -0.2) is 22.2 Å². The van der Waals surface area contributed by atoms with Crippen molar-refractivity contribution in [1.82, 2.24) is 15.1 Å². The Morgan fingerprint density at radius 3 is 3.00 bits per heavy atom. The third-order valence-corrected chi connectivity index (χ3v) is 2.58. The number of furan rings is 1. The van der Waals surface area contributed by atoms with Crippen LogP contribution in [0.25, 0.3) is 23.5 Å². The minimum absolute atomic E-state index is 0.388. The minimum Gasteiger partial charge on any atom is -0.495 e. The molecule has 0 aromatic carbocycles. The molecule has 0 aliphatic rings. The van der Waals surface area contributed by atoms with Crippen LogP contribution in [0.3, 0.4) is 0 Å². The fraction of sp³-hybridized carbons (Fsp3) is 0.0714. The maximum absolute atomic E-state index is 5.17. The van der Waals surface area contributed by atoms with Crippen molar-refractivity contribution in [3.63, 3.8) is 0 Å². The van der Waals surface area contributed by atoms with E-state index in [1.165, 1.54) is 0 Å². The molecule has 3 rings (SSSR count). The topological polar surface area (TPSA) is 74.2 Å². The number of pyridine rings is 1. The molecule has 0 saturated carbocycles. The highest BCUT2D eigenvalue weighted by atomic mass is 16.5. The minimum atomic E-state index is 0.388. The average Bonchev–Trinajstić information content (AvgIpc) is 3.16. The van der Waals surface area contributed by atoms with Gasteiger partial charge in [-0.05, 0) is 24.3 Å². The van der Waals surface area contributed by atoms with Gasteiger partial charge >= 0.3 is 0 Å². The van der Waals surface area contributed by atoms with Gasteiger partial charge in [0, 0.05) is 17.8 Å². The van der Waals surface area contributed by atoms with Crippen molar-refractivity contribution in [2.24, 2.45) is 0 Å². The molecule has 3 aromatic rings. The van der Waals surface area contributed by atoms with Crippen LogP contribution < -0.4 is 4.74 Å². The molecule has 0 saturated heterocycles. The summed E-state index contributed by atoms with van der Waals surface area (Å²) in [5.41, 5.74) is 0.728. The molecule has 6 heteroatoms. The number of rotatable bonds is 4. The predicted molar refractivity (Wildman–Crippen MR) is 71.7 cm³/mol. The lowest BCUT2D eigenvalue weighted by Gasteiger charge is -1.98. The average molecular weight is 269 g/mol. The van der Waals surface area contributed by atoms with Gasteiger partial charge in [-0.3, -0.25) is 4.98 Å². The van der Waals surface area contributed by atoms with Crippen LogP contribution in [0.5, 0.6) is 5.75 Å². The normalized spacial score (nSPS) is 11.1. The number of nitrogens with zero attached hydrogens (tertiary/aromatic N) is 3. The first-order chi connectivity index (χ1) is 9.85. The zero-order valence-corrected chi connectivity index (χ0v) is 10.7. The quantitative estimate of drug-likeness (QED) is 0.725. The Labute approximate surface area is 114 Å². The van der Waals surface area contributed by atoms with Gasteiger partial charge in [0.05, 0.1) is 19.6 Å². The van der Waals surface area contributed by atoms with Crippen molar-refractivity contribution < 1.29 is 13.7 Å². The highest BCUT2D eigenvalue weighted by Crippen LogP contribution is 2.20. The van der Waals surface area contributed by atoms with Crippen LogP contribution in [0.2, 0.25) is 0 Å². The Hall–Kier alpha value is -2.89. The van der Waals surface area contributed by atoms with Crippen LogP contribution in [0.1, 0.15) is 11.7 Å². The monoisotopic (exact) mass is 269 g/mol. The van der Waals surface area contributed by atoms with Gasteiger partial charge in [0.15, 0.2) is 0 Å². The second kappa shape index (κ2) is 5.40. The Morgan fingerprint density at radius 1 is 1.25 bits per heavy atom. The molecule has 0 unspecified atom stereocenters. The first-order valence-electron chi connectivity index (χ1n) is 5.90. The van der Waals surface area contributed by atoms with Crippen LogP contribution in [0, 0.1) is 0 Å². The summed E-state index contributed by atoms with van der Waals surface area (Å²) in [6, 6.07) is 5.43. The van der Waals surface area contributed by atoms with E-state index >= 15 is 0 Å². The van der Waals surface area contributed by atoms with E-state index in [1.54, 1.807) is 50.1 Å². The zero-order chi connectivity index (χ0) is 13.8. The first kappa shape index (κ1) is 12.2. The largest absolute Gasteiger partial charge is 0.495 e. The molecule has 0 radical (unpaired) electrons. The first-order valence-corrected chi connectivity index (χ1v) is 5.90. The van der Waals surface area contributed by atoms with Crippen molar-refractivity contribution in [2.75, 3.05) is 7.11 Å². The standard InChI is InChI=1S/C14H11N3O3/c1-18-12-7-10(8-15-9-12)14-16-13(20-17-14)5-4-11-3-2-6-19-11/h2-9H,1H3/b5-4+. The lowest BCUT2D eigenvalue weighted by molar-refractivity contribution is 0.410. The summed E-state index contributed by atoms with van der Waals surface area (Å²) in [7, 11) is 1.58. The molecule has 0 fully saturated rings. The van der Waals surface area contributed by atoms with Gasteiger partial charge in [-0.25, -0.2) is 0 Å². The molecule has 0 N–H and O–H groups in total. The summed E-state index contributed by atoms with van der Waals surface area (Å²) in [4.78, 5) is 8.30. The number of methoxy groups -OCH3 is 1. The van der Waals surface area contributed by atoms with Gasteiger partial charge in [-0.15, -0.1) is 0 Å². The molecule has 0 atom stereocenters. The molecule has 0 aliphatic heterocycles. The summed E-state index contributed by atoms with van der Waals surface area (Å²) in [6.45, 7) is 0. The Morgan fingerprint density at radius 2 is 2.20 bits per heavy atom. The third-order valence-electron chi connectivity index (χ3n) is 2.58. The molecule has 0 amide bonds. The van der Waals surface area contributed by atoms with Crippen molar-refractivity contribution in [2.45, 2.75) is 0 Å². The van der Waals surface area contributed by atoms with Gasteiger partial charge in [-0.1, -0.05) is 5.16 Å². The number of ether oxygens (including phenoxy) is 1. The van der Waals surface area contributed by atoms with Gasteiger partial charge in [0.25, 0.3) is 5.89 Å². The van der Waals surface area contributed by atoms with E-state index in [0.29, 0.717) is 23.2 Å². The van der Waals surface area contributed by atoms with Crippen LogP contribution >= 0.6 is 0 Å². The summed E-state index contributed by atoms with van der Waals surface area (Å²) < 4.78 is 15.4. The van der Waals surface area contributed by atoms with Crippen LogP contribution in [-0.2, 0) is 0 Å². The summed E-state index contributed by atoms with van der Waals surface area (Å²) in [5.74, 6) is 2.20. The third kappa shape index (κ3) is 2.59. The van der Waals surface area contributed by atoms with E-state index < -0.39 is 0 Å². The summed E-state index contributed by atoms with van der Waals surface area (Å²) in [6.07, 6.45) is 8.29. The zero-order valence-electron chi connectivity index (χ0n) is 10.7. The predicted octanol–water partition coefficient (Wildman–Crippen LogP) is 2.90. The molecule has 0 aliphatic carbocycles. The number of hydrogen-bond donors (Lipinski definition) is 0. The lowest BCUT2D eigenvalue weighted by Crippen LogP contribution is -1.87. The van der Waals surface area contributed by atoms with Crippen molar-refractivity contribution in [3.8, 4) is 17.1 Å². The molecular formula is C14H11N3O3. The van der Waals surface area contributed by atoms with E-state index in [4.69, 9.17) is 13.7 Å². The van der Waals surface area contributed by atoms with Gasteiger partial charge < -0.3 is 13.7 Å². The molecule has 100 valence electrons. The van der Waals surface area contributed by atoms with Gasteiger partial charge in [0.1, 0.15) is 11.5 Å². The summed E-state index contributed by atoms with van der Waals surface area (Å²) >= 11 is 0. The smallest absolute Gasteiger partial charge is 0.251 e. The Bertz CT molecular complexity index is 717. The molecule has 20 heavy (non-hydrogen) atoms. The number of hydrogen-bond acceptors (Lipinski definition) is 6. The van der Waals surface area contributed by atoms with E-state index in [2.05, 4.69) is 15.1 Å². The van der Waals surface area contributed by atoms with E-state index in [9.17, 15) is 0 Å². The SMILES string of the molecule is COc1cncc(-c2noc(/C=C/c3ccco3)n2)c1. The van der Waals surface area contributed by atoms with Gasteiger partial charge in [0.2, 0.25) is 5.82 Å². The lowest BCUT2D eigenvalue weighted by atomic mass is 10.2. The fourth-order valence-electron chi connectivity index (χ4n) is 1.61. The maximum atomic E-state index is 5.17. The second-order valence-electron chi connectivity index (χ2n) is 3.92. The van der Waals surface area contributed by atoms with Crippen molar-refractivity contribution in [1.29, 1.82) is 0 Å². The highest BCUT2D eigenvalue weighted by molar-refractivity contribution is 5.64. The van der Waals surface area contributed by atoms with Gasteiger partial charge in [-0.2, -0.15) is 4.98 Å². The van der Waals surface area contributed by atoms with Crippen molar-refractivity contribution >= 4 is 12.2 Å². The molecule has 0 spiro atoms. The van der Waals surface area contributed by atoms with Crippen molar-refractivity contribution in [3.05, 3.63) is 48.5 Å². The number of aromatic nitrogens is 3. The second-order valence-corrected chi connectivity index (χ2v) is 3.92. The van der Waals surface area contributed by atoms with E-state index in [0.717, 1.165) is 5.56 Å². The van der Waals surface area contributed by atoms with Crippen LogP contribution in [0.15, 0.2) is 45.8 Å².